The second-order valence-electron chi connectivity index (χ2n) is 4.73. The van der Waals surface area contributed by atoms with Crippen LogP contribution < -0.4 is 4.72 Å². The quantitative estimate of drug-likeness (QED) is 0.887. The van der Waals surface area contributed by atoms with Crippen LogP contribution in [0.1, 0.15) is 24.0 Å². The highest BCUT2D eigenvalue weighted by atomic mass is 32.2. The number of rotatable bonds is 4. The number of sulfonamides is 1. The van der Waals surface area contributed by atoms with Crippen molar-refractivity contribution in [1.82, 2.24) is 4.72 Å². The van der Waals surface area contributed by atoms with Crippen LogP contribution in [0.3, 0.4) is 0 Å². The molecule has 1 aromatic carbocycles. The molecule has 0 saturated carbocycles. The highest BCUT2D eigenvalue weighted by Gasteiger charge is 2.23. The van der Waals surface area contributed by atoms with Gasteiger partial charge in [0.1, 0.15) is 0 Å². The minimum absolute atomic E-state index is 0.0148. The Morgan fingerprint density at radius 1 is 1.47 bits per heavy atom. The lowest BCUT2D eigenvalue weighted by atomic mass is 10.1. The molecule has 1 saturated heterocycles. The second kappa shape index (κ2) is 6.26. The Balaban J connectivity index is 2.23. The predicted molar refractivity (Wildman–Crippen MR) is 77.8 cm³/mol. The van der Waals surface area contributed by atoms with Crippen LogP contribution in [0, 0.1) is 6.92 Å². The van der Waals surface area contributed by atoms with E-state index in [0.29, 0.717) is 11.1 Å². The number of aliphatic hydroxyl groups excluding tert-OH is 1. The zero-order chi connectivity index (χ0) is 13.9. The molecule has 1 heterocycles. The molecule has 1 atom stereocenters. The normalized spacial score (nSPS) is 20.4. The number of thioether (sulfide) groups is 1. The molecule has 0 aromatic heterocycles. The van der Waals surface area contributed by atoms with E-state index < -0.39 is 10.0 Å². The van der Waals surface area contributed by atoms with E-state index in [1.165, 1.54) is 0 Å². The third-order valence-corrected chi connectivity index (χ3v) is 6.22. The molecule has 1 aromatic rings. The minimum Gasteiger partial charge on any atom is -0.392 e. The summed E-state index contributed by atoms with van der Waals surface area (Å²) in [6.45, 7) is 1.59. The van der Waals surface area contributed by atoms with Gasteiger partial charge in [0.2, 0.25) is 10.0 Å². The molecule has 0 radical (unpaired) electrons. The molecule has 19 heavy (non-hydrogen) atoms. The first-order valence-electron chi connectivity index (χ1n) is 6.34. The molecule has 1 aliphatic rings. The van der Waals surface area contributed by atoms with Crippen molar-refractivity contribution in [3.8, 4) is 0 Å². The van der Waals surface area contributed by atoms with Crippen molar-refractivity contribution in [2.45, 2.75) is 37.3 Å². The molecule has 0 amide bonds. The largest absolute Gasteiger partial charge is 0.392 e. The SMILES string of the molecule is Cc1c(CO)cccc1S(=O)(=O)NC1CCCSC1. The van der Waals surface area contributed by atoms with E-state index in [1.54, 1.807) is 36.9 Å². The van der Waals surface area contributed by atoms with Gasteiger partial charge in [-0.2, -0.15) is 11.8 Å². The fraction of sp³-hybridized carbons (Fsp3) is 0.538. The number of benzene rings is 1. The van der Waals surface area contributed by atoms with E-state index in [9.17, 15) is 13.5 Å². The molecule has 2 N–H and O–H groups in total. The van der Waals surface area contributed by atoms with E-state index in [4.69, 9.17) is 0 Å². The molecule has 1 fully saturated rings. The average Bonchev–Trinajstić information content (AvgIpc) is 2.39. The topological polar surface area (TPSA) is 66.4 Å². The highest BCUT2D eigenvalue weighted by molar-refractivity contribution is 7.99. The lowest BCUT2D eigenvalue weighted by Crippen LogP contribution is -2.38. The molecule has 2 rings (SSSR count). The standard InChI is InChI=1S/C13H19NO3S2/c1-10-11(8-15)4-2-6-13(10)19(16,17)14-12-5-3-7-18-9-12/h2,4,6,12,14-15H,3,5,7-9H2,1H3. The maximum atomic E-state index is 12.4. The van der Waals surface area contributed by atoms with E-state index >= 15 is 0 Å². The molecule has 0 spiro atoms. The van der Waals surface area contributed by atoms with Crippen molar-refractivity contribution >= 4 is 21.8 Å². The smallest absolute Gasteiger partial charge is 0.241 e. The zero-order valence-electron chi connectivity index (χ0n) is 10.9. The summed E-state index contributed by atoms with van der Waals surface area (Å²) in [5.74, 6) is 1.94. The number of aliphatic hydroxyl groups is 1. The van der Waals surface area contributed by atoms with Gasteiger partial charge in [-0.1, -0.05) is 12.1 Å². The van der Waals surface area contributed by atoms with Crippen LogP contribution in [-0.4, -0.2) is 31.1 Å². The second-order valence-corrected chi connectivity index (χ2v) is 7.57. The van der Waals surface area contributed by atoms with Crippen LogP contribution in [0.5, 0.6) is 0 Å². The van der Waals surface area contributed by atoms with Gasteiger partial charge < -0.3 is 5.11 Å². The average molecular weight is 301 g/mol. The summed E-state index contributed by atoms with van der Waals surface area (Å²) in [5.41, 5.74) is 1.28. The van der Waals surface area contributed by atoms with Crippen molar-refractivity contribution in [1.29, 1.82) is 0 Å². The lowest BCUT2D eigenvalue weighted by Gasteiger charge is -2.23. The summed E-state index contributed by atoms with van der Waals surface area (Å²) >= 11 is 1.78. The van der Waals surface area contributed by atoms with E-state index in [-0.39, 0.29) is 17.5 Å². The first kappa shape index (κ1) is 14.8. The molecule has 0 aliphatic carbocycles. The van der Waals surface area contributed by atoms with Gasteiger partial charge in [0.25, 0.3) is 0 Å². The molecule has 106 valence electrons. The number of nitrogens with one attached hydrogen (secondary N) is 1. The fourth-order valence-electron chi connectivity index (χ4n) is 2.24. The minimum atomic E-state index is -3.50. The molecular weight excluding hydrogens is 282 g/mol. The molecule has 1 unspecified atom stereocenters. The van der Waals surface area contributed by atoms with Crippen LogP contribution >= 0.6 is 11.8 Å². The van der Waals surface area contributed by atoms with Gasteiger partial charge >= 0.3 is 0 Å². The molecular formula is C13H19NO3S2. The third kappa shape index (κ3) is 3.51. The molecule has 4 nitrogen and oxygen atoms in total. The summed E-state index contributed by atoms with van der Waals surface area (Å²) in [7, 11) is -3.50. The maximum Gasteiger partial charge on any atom is 0.241 e. The van der Waals surface area contributed by atoms with Crippen LogP contribution in [0.2, 0.25) is 0 Å². The van der Waals surface area contributed by atoms with Crippen LogP contribution in [0.4, 0.5) is 0 Å². The van der Waals surface area contributed by atoms with Gasteiger partial charge in [-0.3, -0.25) is 0 Å². The summed E-state index contributed by atoms with van der Waals surface area (Å²) in [6.07, 6.45) is 1.94. The molecule has 1 aliphatic heterocycles. The van der Waals surface area contributed by atoms with Crippen molar-refractivity contribution in [3.63, 3.8) is 0 Å². The number of hydrogen-bond donors (Lipinski definition) is 2. The Hall–Kier alpha value is -0.560. The van der Waals surface area contributed by atoms with Gasteiger partial charge in [-0.25, -0.2) is 13.1 Å². The van der Waals surface area contributed by atoms with Crippen molar-refractivity contribution in [2.75, 3.05) is 11.5 Å². The Bertz CT molecular complexity index is 537. The van der Waals surface area contributed by atoms with Gasteiger partial charge in [0.15, 0.2) is 0 Å². The fourth-order valence-corrected chi connectivity index (χ4v) is 4.98. The maximum absolute atomic E-state index is 12.4. The van der Waals surface area contributed by atoms with Gasteiger partial charge in [-0.15, -0.1) is 0 Å². The summed E-state index contributed by atoms with van der Waals surface area (Å²) in [4.78, 5) is 0.273. The van der Waals surface area contributed by atoms with Crippen LogP contribution in [0.15, 0.2) is 23.1 Å². The first-order valence-corrected chi connectivity index (χ1v) is 8.98. The molecule has 0 bridgehead atoms. The van der Waals surface area contributed by atoms with Crippen molar-refractivity contribution < 1.29 is 13.5 Å². The Morgan fingerprint density at radius 3 is 2.89 bits per heavy atom. The van der Waals surface area contributed by atoms with E-state index in [0.717, 1.165) is 24.3 Å². The monoisotopic (exact) mass is 301 g/mol. The lowest BCUT2D eigenvalue weighted by molar-refractivity contribution is 0.280. The summed E-state index contributed by atoms with van der Waals surface area (Å²) in [5, 5.41) is 9.21. The van der Waals surface area contributed by atoms with E-state index in [1.807, 2.05) is 0 Å². The Labute approximate surface area is 118 Å². The summed E-state index contributed by atoms with van der Waals surface area (Å²) < 4.78 is 27.5. The third-order valence-electron chi connectivity index (χ3n) is 3.34. The molecule has 6 heteroatoms. The van der Waals surface area contributed by atoms with Crippen LogP contribution in [0.25, 0.3) is 0 Å². The van der Waals surface area contributed by atoms with Crippen molar-refractivity contribution in [3.05, 3.63) is 29.3 Å². The van der Waals surface area contributed by atoms with Crippen LogP contribution in [-0.2, 0) is 16.6 Å². The summed E-state index contributed by atoms with van der Waals surface area (Å²) in [6, 6.07) is 5.02. The predicted octanol–water partition coefficient (Wildman–Crippen LogP) is 1.66. The van der Waals surface area contributed by atoms with Crippen molar-refractivity contribution in [2.24, 2.45) is 0 Å². The number of hydrogen-bond acceptors (Lipinski definition) is 4. The van der Waals surface area contributed by atoms with Gasteiger partial charge in [0.05, 0.1) is 11.5 Å². The van der Waals surface area contributed by atoms with E-state index in [2.05, 4.69) is 4.72 Å². The Kier molecular flexibility index (Phi) is 4.89. The highest BCUT2D eigenvalue weighted by Crippen LogP contribution is 2.22. The first-order chi connectivity index (χ1) is 9.04. The van der Waals surface area contributed by atoms with Gasteiger partial charge in [-0.05, 0) is 42.7 Å². The zero-order valence-corrected chi connectivity index (χ0v) is 12.6. The Morgan fingerprint density at radius 2 is 2.26 bits per heavy atom. The van der Waals surface area contributed by atoms with Gasteiger partial charge in [0, 0.05) is 11.8 Å².